The van der Waals surface area contributed by atoms with Crippen LogP contribution >= 0.6 is 35.0 Å². The van der Waals surface area contributed by atoms with E-state index in [4.69, 9.17) is 37.4 Å². The highest BCUT2D eigenvalue weighted by atomic mass is 35.5. The SMILES string of the molecule is COc1ccc(N=C2NC(=O)/C(=C/c3cc(Cl)c(OCc4ccccc4Cl)c(OC)c3)S2)cc1. The summed E-state index contributed by atoms with van der Waals surface area (Å²) in [4.78, 5) is 17.4. The predicted molar refractivity (Wildman–Crippen MR) is 138 cm³/mol. The van der Waals surface area contributed by atoms with Crippen molar-refractivity contribution >= 4 is 57.8 Å². The summed E-state index contributed by atoms with van der Waals surface area (Å²) in [5.41, 5.74) is 2.22. The minimum Gasteiger partial charge on any atom is -0.497 e. The Labute approximate surface area is 211 Å². The number of hydrogen-bond donors (Lipinski definition) is 1. The van der Waals surface area contributed by atoms with Crippen LogP contribution in [0.3, 0.4) is 0 Å². The molecule has 0 unspecified atom stereocenters. The van der Waals surface area contributed by atoms with Crippen molar-refractivity contribution in [3.8, 4) is 17.2 Å². The number of nitrogens with zero attached hydrogens (tertiary/aromatic N) is 1. The van der Waals surface area contributed by atoms with Crippen LogP contribution in [0.5, 0.6) is 17.2 Å². The third-order valence-corrected chi connectivity index (χ3v) is 6.39. The van der Waals surface area contributed by atoms with E-state index in [0.717, 1.165) is 11.3 Å². The molecule has 1 aliphatic rings. The Balaban J connectivity index is 1.53. The van der Waals surface area contributed by atoms with Gasteiger partial charge in [-0.15, -0.1) is 0 Å². The molecule has 1 N–H and O–H groups in total. The normalized spacial score (nSPS) is 15.5. The van der Waals surface area contributed by atoms with Crippen molar-refractivity contribution in [2.24, 2.45) is 4.99 Å². The number of rotatable bonds is 7. The van der Waals surface area contributed by atoms with E-state index >= 15 is 0 Å². The minimum absolute atomic E-state index is 0.236. The number of ether oxygens (including phenoxy) is 3. The van der Waals surface area contributed by atoms with E-state index in [1.807, 2.05) is 30.3 Å². The lowest BCUT2D eigenvalue weighted by molar-refractivity contribution is -0.115. The molecule has 1 saturated heterocycles. The summed E-state index contributed by atoms with van der Waals surface area (Å²) < 4.78 is 16.5. The molecule has 4 rings (SSSR count). The average Bonchev–Trinajstić information content (AvgIpc) is 3.17. The number of methoxy groups -OCH3 is 2. The van der Waals surface area contributed by atoms with Gasteiger partial charge in [-0.05, 0) is 65.9 Å². The topological polar surface area (TPSA) is 69.2 Å². The number of amidine groups is 1. The van der Waals surface area contributed by atoms with Crippen LogP contribution in [0.25, 0.3) is 6.08 Å². The smallest absolute Gasteiger partial charge is 0.264 e. The molecular weight excluding hydrogens is 495 g/mol. The van der Waals surface area contributed by atoms with Gasteiger partial charge in [-0.2, -0.15) is 0 Å². The summed E-state index contributed by atoms with van der Waals surface area (Å²) in [5.74, 6) is 1.34. The highest BCUT2D eigenvalue weighted by Crippen LogP contribution is 2.39. The molecule has 0 spiro atoms. The Morgan fingerprint density at radius 1 is 1.00 bits per heavy atom. The van der Waals surface area contributed by atoms with Crippen molar-refractivity contribution in [2.75, 3.05) is 14.2 Å². The van der Waals surface area contributed by atoms with E-state index < -0.39 is 0 Å². The summed E-state index contributed by atoms with van der Waals surface area (Å²) >= 11 is 13.9. The lowest BCUT2D eigenvalue weighted by atomic mass is 10.1. The number of carbonyl (C=O) groups is 1. The maximum atomic E-state index is 12.5. The second-order valence-electron chi connectivity index (χ2n) is 7.09. The van der Waals surface area contributed by atoms with E-state index in [1.165, 1.54) is 18.9 Å². The van der Waals surface area contributed by atoms with Gasteiger partial charge in [-0.3, -0.25) is 4.79 Å². The lowest BCUT2D eigenvalue weighted by Gasteiger charge is -2.14. The summed E-state index contributed by atoms with van der Waals surface area (Å²) in [6.07, 6.45) is 1.72. The second kappa shape index (κ2) is 10.9. The summed E-state index contributed by atoms with van der Waals surface area (Å²) in [7, 11) is 3.13. The van der Waals surface area contributed by atoms with Gasteiger partial charge in [0.05, 0.1) is 29.8 Å². The van der Waals surface area contributed by atoms with Crippen molar-refractivity contribution < 1.29 is 19.0 Å². The van der Waals surface area contributed by atoms with Crippen LogP contribution in [0.15, 0.2) is 70.6 Å². The lowest BCUT2D eigenvalue weighted by Crippen LogP contribution is -2.19. The predicted octanol–water partition coefficient (Wildman–Crippen LogP) is 6.48. The first-order chi connectivity index (χ1) is 16.5. The number of halogens is 2. The van der Waals surface area contributed by atoms with E-state index in [1.54, 1.807) is 43.5 Å². The van der Waals surface area contributed by atoms with E-state index in [2.05, 4.69) is 10.3 Å². The first kappa shape index (κ1) is 24.0. The van der Waals surface area contributed by atoms with Crippen LogP contribution in [0, 0.1) is 0 Å². The van der Waals surface area contributed by atoms with Gasteiger partial charge in [0.2, 0.25) is 0 Å². The Morgan fingerprint density at radius 2 is 1.76 bits per heavy atom. The van der Waals surface area contributed by atoms with Gasteiger partial charge in [-0.1, -0.05) is 41.4 Å². The molecule has 0 radical (unpaired) electrons. The number of aliphatic imine (C=N–C) groups is 1. The van der Waals surface area contributed by atoms with Crippen molar-refractivity contribution in [1.82, 2.24) is 5.32 Å². The molecule has 6 nitrogen and oxygen atoms in total. The van der Waals surface area contributed by atoms with Crippen molar-refractivity contribution in [3.05, 3.63) is 86.7 Å². The fourth-order valence-corrected chi connectivity index (χ4v) is 4.44. The number of amides is 1. The molecule has 174 valence electrons. The van der Waals surface area contributed by atoms with E-state index in [9.17, 15) is 4.79 Å². The third kappa shape index (κ3) is 5.67. The summed E-state index contributed by atoms with van der Waals surface area (Å²) in [5, 5.41) is 4.22. The molecule has 1 heterocycles. The van der Waals surface area contributed by atoms with Gasteiger partial charge in [0.1, 0.15) is 12.4 Å². The molecule has 34 heavy (non-hydrogen) atoms. The van der Waals surface area contributed by atoms with Crippen molar-refractivity contribution in [1.29, 1.82) is 0 Å². The van der Waals surface area contributed by atoms with E-state index in [0.29, 0.717) is 42.9 Å². The first-order valence-corrected chi connectivity index (χ1v) is 11.7. The summed E-state index contributed by atoms with van der Waals surface area (Å²) in [6, 6.07) is 18.1. The van der Waals surface area contributed by atoms with Crippen LogP contribution in [-0.2, 0) is 11.4 Å². The monoisotopic (exact) mass is 514 g/mol. The Bertz CT molecular complexity index is 1280. The van der Waals surface area contributed by atoms with Crippen molar-refractivity contribution in [3.63, 3.8) is 0 Å². The number of nitrogens with one attached hydrogen (secondary N) is 1. The average molecular weight is 515 g/mol. The second-order valence-corrected chi connectivity index (χ2v) is 8.94. The molecule has 9 heteroatoms. The van der Waals surface area contributed by atoms with Gasteiger partial charge in [0, 0.05) is 10.6 Å². The standard InChI is InChI=1S/C25H20Cl2N2O4S/c1-31-18-9-7-17(8-10-18)28-25-29-24(30)22(34-25)13-15-11-20(27)23(21(12-15)32-2)33-14-16-5-3-4-6-19(16)26/h3-13H,14H2,1-2H3,(H,28,29,30)/b22-13-. The Kier molecular flexibility index (Phi) is 7.67. The van der Waals surface area contributed by atoms with Crippen LogP contribution in [0.1, 0.15) is 11.1 Å². The van der Waals surface area contributed by atoms with Gasteiger partial charge < -0.3 is 19.5 Å². The molecule has 0 atom stereocenters. The fraction of sp³-hybridized carbons (Fsp3) is 0.120. The fourth-order valence-electron chi connectivity index (χ4n) is 3.13. The van der Waals surface area contributed by atoms with Crippen LogP contribution in [0.2, 0.25) is 10.0 Å². The highest BCUT2D eigenvalue weighted by Gasteiger charge is 2.24. The highest BCUT2D eigenvalue weighted by molar-refractivity contribution is 8.18. The van der Waals surface area contributed by atoms with Crippen molar-refractivity contribution in [2.45, 2.75) is 6.61 Å². The molecule has 1 aliphatic heterocycles. The molecular formula is C25H20Cl2N2O4S. The quantitative estimate of drug-likeness (QED) is 0.365. The number of carbonyl (C=O) groups excluding carboxylic acids is 1. The largest absolute Gasteiger partial charge is 0.497 e. The van der Waals surface area contributed by atoms with Crippen LogP contribution in [-0.4, -0.2) is 25.3 Å². The van der Waals surface area contributed by atoms with Gasteiger partial charge in [-0.25, -0.2) is 4.99 Å². The molecule has 0 bridgehead atoms. The molecule has 3 aromatic carbocycles. The molecule has 0 aromatic heterocycles. The molecule has 3 aromatic rings. The van der Waals surface area contributed by atoms with Gasteiger partial charge in [0.15, 0.2) is 16.7 Å². The maximum absolute atomic E-state index is 12.5. The maximum Gasteiger partial charge on any atom is 0.264 e. The number of benzene rings is 3. The zero-order valence-corrected chi connectivity index (χ0v) is 20.6. The number of thioether (sulfide) groups is 1. The van der Waals surface area contributed by atoms with Gasteiger partial charge in [0.25, 0.3) is 5.91 Å². The Hall–Kier alpha value is -3.13. The molecule has 0 aliphatic carbocycles. The van der Waals surface area contributed by atoms with Crippen LogP contribution < -0.4 is 19.5 Å². The number of hydrogen-bond acceptors (Lipinski definition) is 6. The molecule has 0 saturated carbocycles. The summed E-state index contributed by atoms with van der Waals surface area (Å²) in [6.45, 7) is 0.236. The third-order valence-electron chi connectivity index (χ3n) is 4.83. The minimum atomic E-state index is -0.244. The van der Waals surface area contributed by atoms with Crippen LogP contribution in [0.4, 0.5) is 5.69 Å². The zero-order chi connectivity index (χ0) is 24.1. The molecule has 1 amide bonds. The Morgan fingerprint density at radius 3 is 2.47 bits per heavy atom. The molecule has 1 fully saturated rings. The zero-order valence-electron chi connectivity index (χ0n) is 18.3. The van der Waals surface area contributed by atoms with E-state index in [-0.39, 0.29) is 12.5 Å². The van der Waals surface area contributed by atoms with Gasteiger partial charge >= 0.3 is 0 Å². The first-order valence-electron chi connectivity index (χ1n) is 10.1.